The molecule has 0 aromatic carbocycles. The minimum Gasteiger partial charge on any atom is -0.359 e. The maximum absolute atomic E-state index is 5.43. The number of hydrogen-bond acceptors (Lipinski definition) is 3. The quantitative estimate of drug-likeness (QED) is 0.713. The van der Waals surface area contributed by atoms with Gasteiger partial charge in [-0.2, -0.15) is 0 Å². The van der Waals surface area contributed by atoms with Crippen LogP contribution in [0.2, 0.25) is 0 Å². The molecule has 1 rings (SSSR count). The van der Waals surface area contributed by atoms with E-state index in [-0.39, 0.29) is 0 Å². The molecule has 4 heteroatoms. The Balaban J connectivity index is 2.14. The van der Waals surface area contributed by atoms with Crippen LogP contribution in [0.25, 0.3) is 0 Å². The summed E-state index contributed by atoms with van der Waals surface area (Å²) >= 11 is 3.42. The zero-order chi connectivity index (χ0) is 8.81. The molecular formula is C8H16BrN3. The molecular weight excluding hydrogens is 218 g/mol. The standard InChI is InChI=1S/C8H16BrN3/c9-2-5-12-7-6-11(8-12)4-1-3-10/h6-7H,1-5,8,10H2. The van der Waals surface area contributed by atoms with Crippen LogP contribution in [0.4, 0.5) is 0 Å². The van der Waals surface area contributed by atoms with E-state index in [1.807, 2.05) is 0 Å². The fraction of sp³-hybridized carbons (Fsp3) is 0.750. The van der Waals surface area contributed by atoms with Crippen molar-refractivity contribution in [3.05, 3.63) is 12.4 Å². The van der Waals surface area contributed by atoms with Crippen molar-refractivity contribution in [2.45, 2.75) is 6.42 Å². The van der Waals surface area contributed by atoms with Crippen LogP contribution in [0.15, 0.2) is 12.4 Å². The molecule has 12 heavy (non-hydrogen) atoms. The van der Waals surface area contributed by atoms with Crippen molar-refractivity contribution in [3.8, 4) is 0 Å². The Morgan fingerprint density at radius 3 is 2.50 bits per heavy atom. The van der Waals surface area contributed by atoms with E-state index in [1.54, 1.807) is 0 Å². The third kappa shape index (κ3) is 3.03. The van der Waals surface area contributed by atoms with E-state index in [2.05, 4.69) is 38.1 Å². The summed E-state index contributed by atoms with van der Waals surface area (Å²) in [6.45, 7) is 3.95. The molecule has 1 aliphatic heterocycles. The predicted molar refractivity (Wildman–Crippen MR) is 54.9 cm³/mol. The van der Waals surface area contributed by atoms with Gasteiger partial charge >= 0.3 is 0 Å². The summed E-state index contributed by atoms with van der Waals surface area (Å²) in [5, 5.41) is 1.03. The summed E-state index contributed by atoms with van der Waals surface area (Å²) in [6.07, 6.45) is 5.35. The molecule has 0 bridgehead atoms. The van der Waals surface area contributed by atoms with Gasteiger partial charge in [0.2, 0.25) is 0 Å². The van der Waals surface area contributed by atoms with Crippen molar-refractivity contribution in [1.29, 1.82) is 0 Å². The minimum absolute atomic E-state index is 0.781. The van der Waals surface area contributed by atoms with E-state index in [9.17, 15) is 0 Å². The van der Waals surface area contributed by atoms with Crippen molar-refractivity contribution in [2.24, 2.45) is 5.73 Å². The van der Waals surface area contributed by atoms with Gasteiger partial charge < -0.3 is 15.5 Å². The first-order chi connectivity index (χ1) is 5.86. The number of halogens is 1. The van der Waals surface area contributed by atoms with Gasteiger partial charge in [0, 0.05) is 30.8 Å². The van der Waals surface area contributed by atoms with Crippen LogP contribution >= 0.6 is 15.9 Å². The zero-order valence-corrected chi connectivity index (χ0v) is 8.83. The van der Waals surface area contributed by atoms with Gasteiger partial charge in [0.05, 0.1) is 6.67 Å². The molecule has 0 saturated carbocycles. The summed E-state index contributed by atoms with van der Waals surface area (Å²) in [6, 6.07) is 0. The molecule has 0 fully saturated rings. The Morgan fingerprint density at radius 2 is 1.92 bits per heavy atom. The van der Waals surface area contributed by atoms with Crippen LogP contribution in [0.1, 0.15) is 6.42 Å². The zero-order valence-electron chi connectivity index (χ0n) is 7.25. The van der Waals surface area contributed by atoms with Gasteiger partial charge in [-0.15, -0.1) is 0 Å². The van der Waals surface area contributed by atoms with E-state index in [1.165, 1.54) is 0 Å². The first-order valence-corrected chi connectivity index (χ1v) is 5.41. The maximum atomic E-state index is 5.43. The van der Waals surface area contributed by atoms with Gasteiger partial charge in [0.25, 0.3) is 0 Å². The normalized spacial score (nSPS) is 16.2. The van der Waals surface area contributed by atoms with E-state index in [0.717, 1.165) is 38.1 Å². The highest BCUT2D eigenvalue weighted by atomic mass is 79.9. The molecule has 0 atom stereocenters. The highest BCUT2D eigenvalue weighted by molar-refractivity contribution is 9.09. The Labute approximate surface area is 82.3 Å². The monoisotopic (exact) mass is 233 g/mol. The van der Waals surface area contributed by atoms with Crippen molar-refractivity contribution >= 4 is 15.9 Å². The Kier molecular flexibility index (Phi) is 4.46. The second kappa shape index (κ2) is 5.43. The number of rotatable bonds is 5. The van der Waals surface area contributed by atoms with E-state index in [0.29, 0.717) is 0 Å². The molecule has 0 aromatic heterocycles. The van der Waals surface area contributed by atoms with Crippen LogP contribution in [0.5, 0.6) is 0 Å². The largest absolute Gasteiger partial charge is 0.359 e. The van der Waals surface area contributed by atoms with Crippen LogP contribution in [0, 0.1) is 0 Å². The van der Waals surface area contributed by atoms with Gasteiger partial charge in [-0.05, 0) is 13.0 Å². The number of nitrogens with zero attached hydrogens (tertiary/aromatic N) is 2. The molecule has 1 heterocycles. The molecule has 0 amide bonds. The first-order valence-electron chi connectivity index (χ1n) is 4.29. The SMILES string of the molecule is NCCCN1C=CN(CCBr)C1. The topological polar surface area (TPSA) is 32.5 Å². The molecule has 0 aromatic rings. The van der Waals surface area contributed by atoms with Crippen molar-refractivity contribution in [2.75, 3.05) is 31.6 Å². The molecule has 1 aliphatic rings. The lowest BCUT2D eigenvalue weighted by Crippen LogP contribution is -2.28. The molecule has 2 N–H and O–H groups in total. The lowest BCUT2D eigenvalue weighted by atomic mass is 10.4. The summed E-state index contributed by atoms with van der Waals surface area (Å²) in [4.78, 5) is 4.57. The minimum atomic E-state index is 0.781. The summed E-state index contributed by atoms with van der Waals surface area (Å²) < 4.78 is 0. The van der Waals surface area contributed by atoms with E-state index >= 15 is 0 Å². The Morgan fingerprint density at radius 1 is 1.25 bits per heavy atom. The van der Waals surface area contributed by atoms with Crippen LogP contribution in [0.3, 0.4) is 0 Å². The molecule has 0 unspecified atom stereocenters. The van der Waals surface area contributed by atoms with Gasteiger partial charge in [0.15, 0.2) is 0 Å². The molecule has 3 nitrogen and oxygen atoms in total. The smallest absolute Gasteiger partial charge is 0.0894 e. The molecule has 70 valence electrons. The summed E-state index contributed by atoms with van der Waals surface area (Å²) in [5.41, 5.74) is 5.43. The average Bonchev–Trinajstić information content (AvgIpc) is 2.50. The van der Waals surface area contributed by atoms with Crippen molar-refractivity contribution < 1.29 is 0 Å². The lowest BCUT2D eigenvalue weighted by molar-refractivity contribution is 0.274. The van der Waals surface area contributed by atoms with Gasteiger partial charge in [-0.25, -0.2) is 0 Å². The predicted octanol–water partition coefficient (Wildman–Crippen LogP) is 0.776. The second-order valence-electron chi connectivity index (χ2n) is 2.90. The first kappa shape index (κ1) is 9.86. The number of nitrogens with two attached hydrogens (primary N) is 1. The Hall–Kier alpha value is -0.220. The summed E-state index contributed by atoms with van der Waals surface area (Å²) in [7, 11) is 0. The highest BCUT2D eigenvalue weighted by Crippen LogP contribution is 2.06. The Bertz CT molecular complexity index is 149. The van der Waals surface area contributed by atoms with Crippen LogP contribution in [-0.2, 0) is 0 Å². The van der Waals surface area contributed by atoms with E-state index in [4.69, 9.17) is 5.73 Å². The van der Waals surface area contributed by atoms with E-state index < -0.39 is 0 Å². The van der Waals surface area contributed by atoms with Crippen LogP contribution in [-0.4, -0.2) is 41.4 Å². The van der Waals surface area contributed by atoms with Gasteiger partial charge in [-0.1, -0.05) is 15.9 Å². The van der Waals surface area contributed by atoms with Crippen LogP contribution < -0.4 is 5.73 Å². The summed E-state index contributed by atoms with van der Waals surface area (Å²) in [5.74, 6) is 0. The van der Waals surface area contributed by atoms with Crippen molar-refractivity contribution in [1.82, 2.24) is 9.80 Å². The molecule has 0 radical (unpaired) electrons. The van der Waals surface area contributed by atoms with Gasteiger partial charge in [0.1, 0.15) is 0 Å². The third-order valence-electron chi connectivity index (χ3n) is 1.87. The van der Waals surface area contributed by atoms with Crippen molar-refractivity contribution in [3.63, 3.8) is 0 Å². The van der Waals surface area contributed by atoms with Gasteiger partial charge in [-0.3, -0.25) is 0 Å². The average molecular weight is 234 g/mol. The maximum Gasteiger partial charge on any atom is 0.0894 e. The molecule has 0 spiro atoms. The highest BCUT2D eigenvalue weighted by Gasteiger charge is 2.09. The molecule has 0 saturated heterocycles. The fourth-order valence-corrected chi connectivity index (χ4v) is 1.67. The third-order valence-corrected chi connectivity index (χ3v) is 2.23. The fourth-order valence-electron chi connectivity index (χ4n) is 1.21. The lowest BCUT2D eigenvalue weighted by Gasteiger charge is -2.19. The second-order valence-corrected chi connectivity index (χ2v) is 3.69. The molecule has 0 aliphatic carbocycles. The number of alkyl halides is 1. The number of hydrogen-bond donors (Lipinski definition) is 1.